The number of nitrogens with one attached hydrogen (secondary N) is 2. The van der Waals surface area contributed by atoms with Crippen molar-refractivity contribution in [3.8, 4) is 0 Å². The molecule has 7 heteroatoms. The third kappa shape index (κ3) is 6.68. The first kappa shape index (κ1) is 20.8. The van der Waals surface area contributed by atoms with Crippen LogP contribution in [0.3, 0.4) is 0 Å². The molecule has 0 aromatic heterocycles. The third-order valence-corrected chi connectivity index (χ3v) is 3.81. The quantitative estimate of drug-likeness (QED) is 0.720. The summed E-state index contributed by atoms with van der Waals surface area (Å²) in [4.78, 5) is 36.9. The molecule has 0 bridgehead atoms. The van der Waals surface area contributed by atoms with Gasteiger partial charge in [0.05, 0.1) is 0 Å². The molecular formula is C21H22FN3O3. The molecule has 2 rings (SSSR count). The van der Waals surface area contributed by atoms with Crippen LogP contribution >= 0.6 is 0 Å². The van der Waals surface area contributed by atoms with E-state index in [4.69, 9.17) is 0 Å². The number of hydrogen-bond donors (Lipinski definition) is 2. The number of rotatable bonds is 7. The minimum atomic E-state index is -0.347. The molecule has 3 amide bonds. The molecule has 0 saturated carbocycles. The molecule has 0 aliphatic heterocycles. The normalized spacial score (nSPS) is 10.5. The number of hydrogen-bond acceptors (Lipinski definition) is 3. The molecule has 0 spiro atoms. The molecule has 0 unspecified atom stereocenters. The van der Waals surface area contributed by atoms with Crippen LogP contribution < -0.4 is 10.6 Å². The zero-order chi connectivity index (χ0) is 20.5. The molecule has 146 valence electrons. The Morgan fingerprint density at radius 3 is 2.07 bits per heavy atom. The molecule has 2 aromatic rings. The van der Waals surface area contributed by atoms with Gasteiger partial charge in [-0.3, -0.25) is 14.4 Å². The van der Waals surface area contributed by atoms with Crippen molar-refractivity contribution < 1.29 is 18.8 Å². The van der Waals surface area contributed by atoms with E-state index >= 15 is 0 Å². The highest BCUT2D eigenvalue weighted by molar-refractivity contribution is 5.98. The molecule has 0 fully saturated rings. The average molecular weight is 383 g/mol. The highest BCUT2D eigenvalue weighted by Gasteiger charge is 2.13. The van der Waals surface area contributed by atoms with Gasteiger partial charge in [0, 0.05) is 30.9 Å². The van der Waals surface area contributed by atoms with Crippen molar-refractivity contribution in [1.29, 1.82) is 0 Å². The molecule has 0 radical (unpaired) electrons. The Hall–Kier alpha value is -3.48. The topological polar surface area (TPSA) is 78.5 Å². The highest BCUT2D eigenvalue weighted by atomic mass is 19.1. The van der Waals surface area contributed by atoms with E-state index in [2.05, 4.69) is 10.6 Å². The maximum atomic E-state index is 12.9. The fraction of sp³-hybridized carbons (Fsp3) is 0.190. The Kier molecular flexibility index (Phi) is 7.45. The van der Waals surface area contributed by atoms with E-state index in [9.17, 15) is 18.8 Å². The maximum Gasteiger partial charge on any atom is 0.247 e. The van der Waals surface area contributed by atoms with Crippen LogP contribution in [0, 0.1) is 5.82 Å². The van der Waals surface area contributed by atoms with Crippen LogP contribution in [0.4, 0.5) is 15.8 Å². The number of likely N-dealkylation sites (N-methyl/N-ethyl adjacent to an activating group) is 1. The van der Waals surface area contributed by atoms with E-state index in [1.807, 2.05) is 0 Å². The molecule has 0 aliphatic carbocycles. The summed E-state index contributed by atoms with van der Waals surface area (Å²) in [7, 11) is 0. The zero-order valence-corrected chi connectivity index (χ0v) is 15.7. The summed E-state index contributed by atoms with van der Waals surface area (Å²) in [6.07, 6.45) is 2.93. The van der Waals surface area contributed by atoms with Crippen LogP contribution in [0.5, 0.6) is 0 Å². The van der Waals surface area contributed by atoms with Gasteiger partial charge in [-0.25, -0.2) is 4.39 Å². The van der Waals surface area contributed by atoms with Crippen LogP contribution in [-0.2, 0) is 14.4 Å². The van der Waals surface area contributed by atoms with Crippen molar-refractivity contribution in [1.82, 2.24) is 4.90 Å². The summed E-state index contributed by atoms with van der Waals surface area (Å²) in [6.45, 7) is 3.45. The number of anilines is 2. The highest BCUT2D eigenvalue weighted by Crippen LogP contribution is 2.13. The molecule has 6 nitrogen and oxygen atoms in total. The number of benzene rings is 2. The Balaban J connectivity index is 1.91. The van der Waals surface area contributed by atoms with Crippen molar-refractivity contribution >= 4 is 35.2 Å². The summed E-state index contributed by atoms with van der Waals surface area (Å²) in [5.74, 6) is -1.18. The van der Waals surface area contributed by atoms with Crippen molar-refractivity contribution in [2.24, 2.45) is 0 Å². The van der Waals surface area contributed by atoms with Crippen LogP contribution in [0.25, 0.3) is 6.08 Å². The van der Waals surface area contributed by atoms with E-state index in [0.717, 1.165) is 0 Å². The minimum Gasteiger partial charge on any atom is -0.330 e. The first-order valence-corrected chi connectivity index (χ1v) is 8.77. The van der Waals surface area contributed by atoms with Gasteiger partial charge in [-0.2, -0.15) is 0 Å². The Labute approximate surface area is 163 Å². The van der Waals surface area contributed by atoms with Crippen molar-refractivity contribution in [2.45, 2.75) is 13.8 Å². The number of halogens is 1. The summed E-state index contributed by atoms with van der Waals surface area (Å²) >= 11 is 0. The van der Waals surface area contributed by atoms with Gasteiger partial charge in [-0.05, 0) is 55.0 Å². The molecule has 2 N–H and O–H groups in total. The van der Waals surface area contributed by atoms with Gasteiger partial charge in [-0.1, -0.05) is 12.1 Å². The molecule has 28 heavy (non-hydrogen) atoms. The number of carbonyl (C=O) groups excluding carboxylic acids is 3. The Morgan fingerprint density at radius 1 is 0.964 bits per heavy atom. The van der Waals surface area contributed by atoms with Gasteiger partial charge in [-0.15, -0.1) is 0 Å². The van der Waals surface area contributed by atoms with Gasteiger partial charge in [0.2, 0.25) is 17.7 Å². The first-order valence-electron chi connectivity index (χ1n) is 8.77. The number of carbonyl (C=O) groups is 3. The Morgan fingerprint density at radius 2 is 1.54 bits per heavy atom. The maximum absolute atomic E-state index is 12.9. The summed E-state index contributed by atoms with van der Waals surface area (Å²) in [5, 5.41) is 5.35. The van der Waals surface area contributed by atoms with E-state index in [1.54, 1.807) is 49.4 Å². The van der Waals surface area contributed by atoms with E-state index in [-0.39, 0.29) is 30.1 Å². The summed E-state index contributed by atoms with van der Waals surface area (Å²) in [6, 6.07) is 12.4. The smallest absolute Gasteiger partial charge is 0.247 e. The van der Waals surface area contributed by atoms with Crippen molar-refractivity contribution in [3.05, 3.63) is 66.0 Å². The van der Waals surface area contributed by atoms with Gasteiger partial charge in [0.15, 0.2) is 0 Å². The van der Waals surface area contributed by atoms with E-state index in [0.29, 0.717) is 23.5 Å². The fourth-order valence-corrected chi connectivity index (χ4v) is 2.41. The van der Waals surface area contributed by atoms with Gasteiger partial charge >= 0.3 is 0 Å². The molecule has 0 saturated heterocycles. The summed E-state index contributed by atoms with van der Waals surface area (Å²) < 4.78 is 12.9. The average Bonchev–Trinajstić information content (AvgIpc) is 2.66. The second-order valence-corrected chi connectivity index (χ2v) is 6.04. The minimum absolute atomic E-state index is 0.101. The largest absolute Gasteiger partial charge is 0.330 e. The van der Waals surface area contributed by atoms with Crippen LogP contribution in [-0.4, -0.2) is 35.7 Å². The molecular weight excluding hydrogens is 361 g/mol. The van der Waals surface area contributed by atoms with Crippen LogP contribution in [0.1, 0.15) is 19.4 Å². The third-order valence-electron chi connectivity index (χ3n) is 3.81. The standard InChI is InChI=1S/C21H22FN3O3/c1-3-25(21(28)13-6-16-4-7-17(22)8-5-16)14-20(27)24-19-11-9-18(10-12-19)23-15(2)26/h4-13H,3,14H2,1-2H3,(H,23,26)(H,24,27)/b13-6+. The Bertz CT molecular complexity index is 861. The molecule has 2 aromatic carbocycles. The van der Waals surface area contributed by atoms with Gasteiger partial charge in [0.25, 0.3) is 0 Å². The number of amides is 3. The predicted molar refractivity (Wildman–Crippen MR) is 107 cm³/mol. The lowest BCUT2D eigenvalue weighted by molar-refractivity contribution is -0.130. The molecule has 0 atom stereocenters. The van der Waals surface area contributed by atoms with Crippen LogP contribution in [0.15, 0.2) is 54.6 Å². The number of nitrogens with zero attached hydrogens (tertiary/aromatic N) is 1. The van der Waals surface area contributed by atoms with Crippen molar-refractivity contribution in [3.63, 3.8) is 0 Å². The van der Waals surface area contributed by atoms with Gasteiger partial charge in [0.1, 0.15) is 12.4 Å². The fourth-order valence-electron chi connectivity index (χ4n) is 2.41. The lowest BCUT2D eigenvalue weighted by atomic mass is 10.2. The first-order chi connectivity index (χ1) is 13.4. The van der Waals surface area contributed by atoms with Crippen LogP contribution in [0.2, 0.25) is 0 Å². The van der Waals surface area contributed by atoms with E-state index < -0.39 is 0 Å². The molecule has 0 aliphatic rings. The van der Waals surface area contributed by atoms with Crippen molar-refractivity contribution in [2.75, 3.05) is 23.7 Å². The monoisotopic (exact) mass is 383 g/mol. The lowest BCUT2D eigenvalue weighted by Gasteiger charge is -2.18. The predicted octanol–water partition coefficient (Wildman–Crippen LogP) is 3.28. The SMILES string of the molecule is CCN(CC(=O)Nc1ccc(NC(C)=O)cc1)C(=O)/C=C/c1ccc(F)cc1. The summed E-state index contributed by atoms with van der Waals surface area (Å²) in [5.41, 5.74) is 1.88. The van der Waals surface area contributed by atoms with E-state index in [1.165, 1.54) is 30.0 Å². The zero-order valence-electron chi connectivity index (χ0n) is 15.7. The van der Waals surface area contributed by atoms with Gasteiger partial charge < -0.3 is 15.5 Å². The molecule has 0 heterocycles. The second kappa shape index (κ2) is 10.0. The lowest BCUT2D eigenvalue weighted by Crippen LogP contribution is -2.36. The second-order valence-electron chi connectivity index (χ2n) is 6.04.